The summed E-state index contributed by atoms with van der Waals surface area (Å²) < 4.78 is 77.9. The molecule has 2 saturated heterocycles. The maximum absolute atomic E-state index is 14.6. The van der Waals surface area contributed by atoms with Crippen LogP contribution < -0.4 is 35.6 Å². The van der Waals surface area contributed by atoms with Gasteiger partial charge in [-0.15, -0.1) is 0 Å². The number of fused-ring (bicyclic) bond motifs is 2. The van der Waals surface area contributed by atoms with Crippen LogP contribution in [0.2, 0.25) is 25.7 Å². The van der Waals surface area contributed by atoms with E-state index in [0.29, 0.717) is 55.2 Å². The maximum Gasteiger partial charge on any atom is 0.471 e. The van der Waals surface area contributed by atoms with Crippen LogP contribution in [0, 0.1) is 0 Å². The van der Waals surface area contributed by atoms with Gasteiger partial charge < -0.3 is 63.7 Å². The fourth-order valence-electron chi connectivity index (χ4n) is 9.61. The molecule has 3 aromatic carbocycles. The normalized spacial score (nSPS) is 17.2. The van der Waals surface area contributed by atoms with Crippen LogP contribution in [0.3, 0.4) is 0 Å². The van der Waals surface area contributed by atoms with Crippen LogP contribution in [0.25, 0.3) is 11.1 Å². The number of nitrogens with one attached hydrogen (secondary N) is 4. The first kappa shape index (κ1) is 60.2. The fourth-order valence-corrected chi connectivity index (χ4v) is 10.4. The fraction of sp³-hybridized carbons (Fsp3) is 0.414. The van der Waals surface area contributed by atoms with Crippen LogP contribution in [0.5, 0.6) is 11.5 Å². The lowest BCUT2D eigenvalue weighted by molar-refractivity contribution is -0.198. The van der Waals surface area contributed by atoms with Gasteiger partial charge in [0.2, 0.25) is 5.91 Å². The van der Waals surface area contributed by atoms with Crippen LogP contribution in [0.15, 0.2) is 97.8 Å². The molecule has 438 valence electrons. The summed E-state index contributed by atoms with van der Waals surface area (Å²) in [5.41, 5.74) is 3.45. The molecule has 0 aliphatic carbocycles. The van der Waals surface area contributed by atoms with Gasteiger partial charge in [0, 0.05) is 89.4 Å². The van der Waals surface area contributed by atoms with E-state index >= 15 is 0 Å². The highest BCUT2D eigenvalue weighted by Gasteiger charge is 2.47. The molecule has 2 aromatic heterocycles. The number of rotatable bonds is 22. The van der Waals surface area contributed by atoms with Gasteiger partial charge in [-0.1, -0.05) is 44.4 Å². The number of nitrogens with zero attached hydrogens (tertiary/aromatic N) is 4. The van der Waals surface area contributed by atoms with E-state index in [-0.39, 0.29) is 84.5 Å². The van der Waals surface area contributed by atoms with Gasteiger partial charge in [0.15, 0.2) is 30.8 Å². The molecule has 3 aliphatic rings. The molecule has 5 heterocycles. The van der Waals surface area contributed by atoms with Gasteiger partial charge in [0.1, 0.15) is 18.0 Å². The van der Waals surface area contributed by atoms with Gasteiger partial charge >= 0.3 is 18.2 Å². The van der Waals surface area contributed by atoms with Crippen LogP contribution in [0.4, 0.5) is 46.4 Å². The Labute approximate surface area is 474 Å². The number of aromatic nitrogens is 2. The van der Waals surface area contributed by atoms with Crippen molar-refractivity contribution in [1.29, 1.82) is 0 Å². The topological polar surface area (TPSA) is 222 Å². The Morgan fingerprint density at radius 1 is 0.756 bits per heavy atom. The molecule has 0 bridgehead atoms. The number of benzene rings is 3. The van der Waals surface area contributed by atoms with Crippen LogP contribution in [-0.2, 0) is 42.6 Å². The summed E-state index contributed by atoms with van der Waals surface area (Å²) in [6.07, 6.45) is 2.30. The second kappa shape index (κ2) is 26.8. The van der Waals surface area contributed by atoms with Gasteiger partial charge in [0.05, 0.1) is 29.6 Å². The van der Waals surface area contributed by atoms with Crippen molar-refractivity contribution < 1.29 is 70.4 Å². The summed E-state index contributed by atoms with van der Waals surface area (Å²) in [6, 6.07) is 18.9. The largest absolute Gasteiger partial charge is 0.490 e. The number of carbonyl (C=O) groups is 6. The lowest BCUT2D eigenvalue weighted by atomic mass is 10.00. The van der Waals surface area contributed by atoms with Crippen molar-refractivity contribution in [3.05, 3.63) is 115 Å². The first-order valence-corrected chi connectivity index (χ1v) is 30.9. The molecule has 0 radical (unpaired) electrons. The molecule has 4 N–H and O–H groups in total. The van der Waals surface area contributed by atoms with Crippen molar-refractivity contribution in [2.24, 2.45) is 14.1 Å². The highest BCUT2D eigenvalue weighted by molar-refractivity contribution is 6.76. The van der Waals surface area contributed by atoms with E-state index in [1.54, 1.807) is 94.4 Å². The molecule has 24 heteroatoms. The van der Waals surface area contributed by atoms with Gasteiger partial charge in [0.25, 0.3) is 17.7 Å². The van der Waals surface area contributed by atoms with E-state index in [1.807, 2.05) is 0 Å². The highest BCUT2D eigenvalue weighted by Crippen LogP contribution is 2.43. The van der Waals surface area contributed by atoms with Crippen molar-refractivity contribution in [2.75, 3.05) is 65.9 Å². The van der Waals surface area contributed by atoms with E-state index in [1.165, 1.54) is 35.2 Å². The molecule has 3 aliphatic heterocycles. The van der Waals surface area contributed by atoms with Crippen LogP contribution in [0.1, 0.15) is 82.7 Å². The molecule has 3 atom stereocenters. The second-order valence-corrected chi connectivity index (χ2v) is 27.0. The van der Waals surface area contributed by atoms with Crippen molar-refractivity contribution in [2.45, 2.75) is 102 Å². The zero-order valence-corrected chi connectivity index (χ0v) is 47.5. The molecule has 20 nitrogen and oxygen atoms in total. The third-order valence-electron chi connectivity index (χ3n) is 13.9. The summed E-state index contributed by atoms with van der Waals surface area (Å²) in [6.45, 7) is 11.7. The number of anilines is 5. The third-order valence-corrected chi connectivity index (χ3v) is 15.6. The first-order valence-electron chi connectivity index (χ1n) is 27.2. The van der Waals surface area contributed by atoms with Gasteiger partial charge in [-0.25, -0.2) is 9.69 Å². The van der Waals surface area contributed by atoms with E-state index in [4.69, 9.17) is 28.4 Å². The minimum absolute atomic E-state index is 0.0243. The van der Waals surface area contributed by atoms with Crippen molar-refractivity contribution in [3.63, 3.8) is 0 Å². The molecular formula is C58H69F3N8O12Si. The van der Waals surface area contributed by atoms with Gasteiger partial charge in [-0.2, -0.15) is 13.2 Å². The number of piperidine rings is 1. The Morgan fingerprint density at radius 2 is 1.40 bits per heavy atom. The molecular weight excluding hydrogens is 1090 g/mol. The van der Waals surface area contributed by atoms with E-state index < -0.39 is 56.6 Å². The predicted octanol–water partition coefficient (Wildman–Crippen LogP) is 10.5. The van der Waals surface area contributed by atoms with Crippen molar-refractivity contribution in [1.82, 2.24) is 14.0 Å². The lowest BCUT2D eigenvalue weighted by Gasteiger charge is -2.42. The number of halogens is 3. The first-order chi connectivity index (χ1) is 39.1. The molecule has 8 rings (SSSR count). The van der Waals surface area contributed by atoms with Gasteiger partial charge in [-0.05, 0) is 111 Å². The van der Waals surface area contributed by atoms with E-state index in [9.17, 15) is 41.9 Å². The maximum atomic E-state index is 14.6. The number of ether oxygens (including phenoxy) is 6. The molecule has 0 saturated carbocycles. The minimum Gasteiger partial charge on any atom is -0.490 e. The Morgan fingerprint density at radius 3 is 2.06 bits per heavy atom. The molecule has 82 heavy (non-hydrogen) atoms. The number of hydrogen-bond donors (Lipinski definition) is 4. The third kappa shape index (κ3) is 15.5. The zero-order valence-electron chi connectivity index (χ0n) is 46.5. The van der Waals surface area contributed by atoms with Gasteiger partial charge in [-0.3, -0.25) is 24.0 Å². The monoisotopic (exact) mass is 1150 g/mol. The summed E-state index contributed by atoms with van der Waals surface area (Å²) in [4.78, 5) is 83.3. The van der Waals surface area contributed by atoms with Crippen LogP contribution in [-0.4, -0.2) is 122 Å². The molecule has 6 amide bonds. The number of carbonyl (C=O) groups excluding carboxylic acids is 6. The molecule has 2 fully saturated rings. The Kier molecular flexibility index (Phi) is 19.6. The Hall–Kier alpha value is -7.93. The summed E-state index contributed by atoms with van der Waals surface area (Å²) in [5.74, 6) is -3.26. The van der Waals surface area contributed by atoms with Crippen molar-refractivity contribution >= 4 is 72.1 Å². The Bertz CT molecular complexity index is 3120. The average molecular weight is 1160 g/mol. The minimum atomic E-state index is -5.04. The average Bonchev–Trinajstić information content (AvgIpc) is 4.11. The van der Waals surface area contributed by atoms with E-state index in [2.05, 4.69) is 42.2 Å². The quantitative estimate of drug-likeness (QED) is 0.0220. The molecule has 2 unspecified atom stereocenters. The second-order valence-electron chi connectivity index (χ2n) is 21.4. The zero-order chi connectivity index (χ0) is 58.7. The van der Waals surface area contributed by atoms with Crippen LogP contribution >= 0.6 is 0 Å². The number of amides is 6. The molecule has 0 spiro atoms. The predicted molar refractivity (Wildman–Crippen MR) is 304 cm³/mol. The highest BCUT2D eigenvalue weighted by atomic mass is 28.3. The number of hydrogen-bond acceptors (Lipinski definition) is 12. The van der Waals surface area contributed by atoms with Crippen molar-refractivity contribution in [3.8, 4) is 22.6 Å². The number of aryl methyl sites for hydroxylation is 2. The SMILES string of the molecule is C=CCOC(=O)N1c2cc(OCCCC(=O)Nc3cc(C(=O)Nc4ccc(-c5cc(C(=O)Nc6ccc(NC(=O)C(F)(F)F)cc6)n(C)c5)cc4)n(C)c3)c(OCOCC[Si](C)(C)C)cc2C(=O)N2CCCC[C@H]2C1OC1CCCCO1. The summed E-state index contributed by atoms with van der Waals surface area (Å²) >= 11 is 0. The Balaban J connectivity index is 0.896. The lowest BCUT2D eigenvalue weighted by Crippen LogP contribution is -2.57. The standard InChI is InChI=1S/C58H69F3N8O12Si/c1-7-25-79-57(75)69-45-33-49(48(80-36-76-28-29-82(4,5)6)32-43(45)54(73)68-24-10-8-13-44(68)55(69)81-51-15-9-11-26-78-51)77-27-12-14-50(70)62-42-31-47(67(3)35-42)53(72)63-39-18-16-37(17-19-39)38-30-46(66(2)34-38)52(71)64-40-20-22-41(23-21-40)65-56(74)58(59,60)61/h7,16-23,30-35,44,51,55H,1,8-15,24-29,36H2,2-6H3,(H,62,70)(H,63,72)(H,64,71)(H,65,74)/t44-,51?,55?/m0/s1. The summed E-state index contributed by atoms with van der Waals surface area (Å²) in [7, 11) is 1.94. The summed E-state index contributed by atoms with van der Waals surface area (Å²) in [5, 5.41) is 10.2. The molecule has 5 aromatic rings. The number of alkyl halides is 3. The smallest absolute Gasteiger partial charge is 0.471 e. The van der Waals surface area contributed by atoms with E-state index in [0.717, 1.165) is 37.3 Å².